The van der Waals surface area contributed by atoms with Crippen LogP contribution in [0.3, 0.4) is 0 Å². The smallest absolute Gasteiger partial charge is 0.255 e. The van der Waals surface area contributed by atoms with Crippen LogP contribution in [0.4, 0.5) is 5.69 Å². The van der Waals surface area contributed by atoms with E-state index in [0.717, 1.165) is 11.3 Å². The molecule has 0 spiro atoms. The van der Waals surface area contributed by atoms with Crippen LogP contribution in [-0.4, -0.2) is 44.9 Å². The summed E-state index contributed by atoms with van der Waals surface area (Å²) in [4.78, 5) is 17.0. The van der Waals surface area contributed by atoms with Crippen molar-refractivity contribution in [2.75, 3.05) is 19.5 Å². The molecule has 0 radical (unpaired) electrons. The molecule has 168 valence electrons. The first-order chi connectivity index (χ1) is 16.7. The number of nitrogens with zero attached hydrogens (tertiary/aromatic N) is 5. The van der Waals surface area contributed by atoms with E-state index >= 15 is 0 Å². The SMILES string of the molecule is COc1ccc(C(=O)Nc2ccc(-c3ccc4nnc(-c5ccccn5)n4n3)cc2)cc1OC. The van der Waals surface area contributed by atoms with E-state index in [9.17, 15) is 4.79 Å². The highest BCUT2D eigenvalue weighted by Gasteiger charge is 2.13. The number of fused-ring (bicyclic) bond motifs is 1. The second kappa shape index (κ2) is 8.99. The second-order valence-electron chi connectivity index (χ2n) is 7.33. The number of hydrogen-bond acceptors (Lipinski definition) is 7. The first-order valence-corrected chi connectivity index (χ1v) is 10.4. The largest absolute Gasteiger partial charge is 0.493 e. The van der Waals surface area contributed by atoms with Gasteiger partial charge in [0.25, 0.3) is 5.91 Å². The van der Waals surface area contributed by atoms with Crippen LogP contribution in [0.1, 0.15) is 10.4 Å². The Balaban J connectivity index is 1.37. The number of carbonyl (C=O) groups excluding carboxylic acids is 1. The van der Waals surface area contributed by atoms with Gasteiger partial charge in [-0.3, -0.25) is 9.78 Å². The maximum Gasteiger partial charge on any atom is 0.255 e. The molecule has 34 heavy (non-hydrogen) atoms. The molecule has 0 aliphatic rings. The third kappa shape index (κ3) is 4.02. The lowest BCUT2D eigenvalue weighted by Crippen LogP contribution is -2.12. The lowest BCUT2D eigenvalue weighted by molar-refractivity contribution is 0.102. The predicted molar refractivity (Wildman–Crippen MR) is 127 cm³/mol. The van der Waals surface area contributed by atoms with Crippen molar-refractivity contribution in [3.63, 3.8) is 0 Å². The van der Waals surface area contributed by atoms with Crippen molar-refractivity contribution in [3.8, 4) is 34.3 Å². The molecular formula is C25H20N6O3. The number of nitrogens with one attached hydrogen (secondary N) is 1. The van der Waals surface area contributed by atoms with Gasteiger partial charge in [-0.05, 0) is 54.6 Å². The molecular weight excluding hydrogens is 432 g/mol. The lowest BCUT2D eigenvalue weighted by atomic mass is 10.1. The zero-order valence-corrected chi connectivity index (χ0v) is 18.5. The van der Waals surface area contributed by atoms with Gasteiger partial charge in [0.2, 0.25) is 5.82 Å². The van der Waals surface area contributed by atoms with E-state index < -0.39 is 0 Å². The van der Waals surface area contributed by atoms with Gasteiger partial charge in [0.1, 0.15) is 5.69 Å². The van der Waals surface area contributed by atoms with Crippen LogP contribution in [0, 0.1) is 0 Å². The van der Waals surface area contributed by atoms with E-state index in [1.807, 2.05) is 54.6 Å². The van der Waals surface area contributed by atoms with E-state index in [0.29, 0.717) is 39.9 Å². The average Bonchev–Trinajstić information content (AvgIpc) is 3.32. The first kappa shape index (κ1) is 21.1. The molecule has 1 amide bonds. The minimum atomic E-state index is -0.252. The molecule has 0 bridgehead atoms. The topological polar surface area (TPSA) is 104 Å². The van der Waals surface area contributed by atoms with Crippen LogP contribution >= 0.6 is 0 Å². The Labute approximate surface area is 195 Å². The third-order valence-corrected chi connectivity index (χ3v) is 5.24. The molecule has 9 nitrogen and oxygen atoms in total. The van der Waals surface area contributed by atoms with E-state index in [1.54, 1.807) is 36.0 Å². The highest BCUT2D eigenvalue weighted by molar-refractivity contribution is 6.04. The van der Waals surface area contributed by atoms with Gasteiger partial charge in [0.15, 0.2) is 17.1 Å². The molecule has 5 aromatic rings. The fraction of sp³-hybridized carbons (Fsp3) is 0.0800. The van der Waals surface area contributed by atoms with Gasteiger partial charge < -0.3 is 14.8 Å². The summed E-state index contributed by atoms with van der Waals surface area (Å²) >= 11 is 0. The molecule has 0 saturated carbocycles. The van der Waals surface area contributed by atoms with Gasteiger partial charge in [-0.2, -0.15) is 9.61 Å². The zero-order chi connectivity index (χ0) is 23.5. The molecule has 3 aromatic heterocycles. The highest BCUT2D eigenvalue weighted by atomic mass is 16.5. The quantitative estimate of drug-likeness (QED) is 0.413. The second-order valence-corrected chi connectivity index (χ2v) is 7.33. The van der Waals surface area contributed by atoms with Crippen molar-refractivity contribution in [1.29, 1.82) is 0 Å². The number of pyridine rings is 1. The molecule has 5 rings (SSSR count). The van der Waals surface area contributed by atoms with Crippen molar-refractivity contribution >= 4 is 17.2 Å². The number of rotatable bonds is 6. The normalized spacial score (nSPS) is 10.8. The van der Waals surface area contributed by atoms with E-state index in [4.69, 9.17) is 14.6 Å². The minimum absolute atomic E-state index is 0.252. The van der Waals surface area contributed by atoms with Crippen LogP contribution in [0.2, 0.25) is 0 Å². The Kier molecular flexibility index (Phi) is 5.57. The Hall–Kier alpha value is -4.79. The van der Waals surface area contributed by atoms with Crippen LogP contribution in [0.15, 0.2) is 79.0 Å². The molecule has 2 aromatic carbocycles. The van der Waals surface area contributed by atoms with E-state index in [1.165, 1.54) is 7.11 Å². The van der Waals surface area contributed by atoms with Crippen LogP contribution in [0.25, 0.3) is 28.4 Å². The molecule has 0 atom stereocenters. The predicted octanol–water partition coefficient (Wildman–Crippen LogP) is 4.12. The third-order valence-electron chi connectivity index (χ3n) is 5.24. The Morgan fingerprint density at radius 3 is 2.41 bits per heavy atom. The van der Waals surface area contributed by atoms with Crippen LogP contribution in [-0.2, 0) is 0 Å². The van der Waals surface area contributed by atoms with Crippen molar-refractivity contribution in [3.05, 3.63) is 84.6 Å². The Bertz CT molecular complexity index is 1470. The molecule has 1 N–H and O–H groups in total. The Morgan fingerprint density at radius 2 is 1.68 bits per heavy atom. The van der Waals surface area contributed by atoms with E-state index in [2.05, 4.69) is 20.5 Å². The molecule has 0 fully saturated rings. The van der Waals surface area contributed by atoms with Crippen LogP contribution < -0.4 is 14.8 Å². The number of carbonyl (C=O) groups is 1. The molecule has 9 heteroatoms. The molecule has 0 unspecified atom stereocenters. The lowest BCUT2D eigenvalue weighted by Gasteiger charge is -2.10. The Morgan fingerprint density at radius 1 is 0.853 bits per heavy atom. The zero-order valence-electron chi connectivity index (χ0n) is 18.5. The average molecular weight is 452 g/mol. The van der Waals surface area contributed by atoms with Gasteiger partial charge in [-0.25, -0.2) is 0 Å². The fourth-order valence-corrected chi connectivity index (χ4v) is 3.50. The summed E-state index contributed by atoms with van der Waals surface area (Å²) in [6, 6.07) is 21.8. The molecule has 0 aliphatic carbocycles. The number of benzene rings is 2. The maximum absolute atomic E-state index is 12.7. The minimum Gasteiger partial charge on any atom is -0.493 e. The highest BCUT2D eigenvalue weighted by Crippen LogP contribution is 2.28. The van der Waals surface area contributed by atoms with Gasteiger partial charge in [-0.1, -0.05) is 18.2 Å². The number of hydrogen-bond donors (Lipinski definition) is 1. The molecule has 0 aliphatic heterocycles. The number of ether oxygens (including phenoxy) is 2. The van der Waals surface area contributed by atoms with Crippen molar-refractivity contribution < 1.29 is 14.3 Å². The maximum atomic E-state index is 12.7. The van der Waals surface area contributed by atoms with Gasteiger partial charge in [0.05, 0.1) is 19.9 Å². The summed E-state index contributed by atoms with van der Waals surface area (Å²) in [5, 5.41) is 16.0. The van der Waals surface area contributed by atoms with Crippen LogP contribution in [0.5, 0.6) is 11.5 Å². The molecule has 0 saturated heterocycles. The number of amides is 1. The number of anilines is 1. The van der Waals surface area contributed by atoms with Gasteiger partial charge >= 0.3 is 0 Å². The number of aromatic nitrogens is 5. The van der Waals surface area contributed by atoms with Crippen molar-refractivity contribution in [1.82, 2.24) is 24.8 Å². The standard InChI is InChI=1S/C25H20N6O3/c1-33-21-12-8-17(15-22(21)34-2)25(32)27-18-9-6-16(7-10-18)19-11-13-23-28-29-24(31(23)30-19)20-5-3-4-14-26-20/h3-15H,1-2H3,(H,27,32). The first-order valence-electron chi connectivity index (χ1n) is 10.4. The summed E-state index contributed by atoms with van der Waals surface area (Å²) in [5.41, 5.74) is 4.05. The summed E-state index contributed by atoms with van der Waals surface area (Å²) in [6.07, 6.45) is 1.70. The summed E-state index contributed by atoms with van der Waals surface area (Å²) in [5.74, 6) is 1.37. The summed E-state index contributed by atoms with van der Waals surface area (Å²) in [7, 11) is 3.08. The van der Waals surface area contributed by atoms with Gasteiger partial charge in [0, 0.05) is 23.0 Å². The summed E-state index contributed by atoms with van der Waals surface area (Å²) < 4.78 is 12.2. The van der Waals surface area contributed by atoms with E-state index in [-0.39, 0.29) is 5.91 Å². The van der Waals surface area contributed by atoms with Crippen molar-refractivity contribution in [2.45, 2.75) is 0 Å². The summed E-state index contributed by atoms with van der Waals surface area (Å²) in [6.45, 7) is 0. The van der Waals surface area contributed by atoms with Gasteiger partial charge in [-0.15, -0.1) is 10.2 Å². The molecule has 3 heterocycles. The fourth-order valence-electron chi connectivity index (χ4n) is 3.50. The monoisotopic (exact) mass is 452 g/mol. The number of methoxy groups -OCH3 is 2. The van der Waals surface area contributed by atoms with Crippen molar-refractivity contribution in [2.24, 2.45) is 0 Å².